The summed E-state index contributed by atoms with van der Waals surface area (Å²) in [7, 11) is 1.57. The highest BCUT2D eigenvalue weighted by Crippen LogP contribution is 2.00. The number of aliphatic carboxylic acids is 1. The topological polar surface area (TPSA) is 87.7 Å². The van der Waals surface area contributed by atoms with Crippen molar-refractivity contribution in [2.45, 2.75) is 19.9 Å². The van der Waals surface area contributed by atoms with Gasteiger partial charge in [-0.05, 0) is 5.92 Å². The molecule has 0 aromatic rings. The van der Waals surface area contributed by atoms with Crippen LogP contribution in [-0.4, -0.2) is 49.8 Å². The third kappa shape index (κ3) is 6.36. The van der Waals surface area contributed by atoms with Gasteiger partial charge in [-0.1, -0.05) is 13.8 Å². The van der Waals surface area contributed by atoms with Crippen LogP contribution in [0, 0.1) is 5.92 Å². The molecular weight excluding hydrogens is 212 g/mol. The summed E-state index contributed by atoms with van der Waals surface area (Å²) in [5, 5.41) is 14.1. The molecule has 16 heavy (non-hydrogen) atoms. The highest BCUT2D eigenvalue weighted by atomic mass is 16.5. The van der Waals surface area contributed by atoms with Gasteiger partial charge in [-0.2, -0.15) is 0 Å². The Kier molecular flexibility index (Phi) is 7.49. The smallest absolute Gasteiger partial charge is 0.326 e. The lowest BCUT2D eigenvalue weighted by Gasteiger charge is -2.17. The molecule has 0 spiro atoms. The van der Waals surface area contributed by atoms with Crippen molar-refractivity contribution in [3.05, 3.63) is 0 Å². The van der Waals surface area contributed by atoms with Crippen molar-refractivity contribution >= 4 is 11.9 Å². The Balaban J connectivity index is 3.87. The minimum atomic E-state index is -1.01. The molecule has 0 heterocycles. The highest BCUT2D eigenvalue weighted by molar-refractivity contribution is 5.84. The monoisotopic (exact) mass is 232 g/mol. The molecule has 0 aromatic carbocycles. The second-order valence-electron chi connectivity index (χ2n) is 3.80. The third-order valence-corrected chi connectivity index (χ3v) is 2.02. The predicted octanol–water partition coefficient (Wildman–Crippen LogP) is -0.552. The van der Waals surface area contributed by atoms with E-state index in [-0.39, 0.29) is 18.4 Å². The maximum absolute atomic E-state index is 11.3. The van der Waals surface area contributed by atoms with Gasteiger partial charge < -0.3 is 20.5 Å². The number of amides is 1. The van der Waals surface area contributed by atoms with Crippen molar-refractivity contribution in [2.75, 3.05) is 26.8 Å². The number of rotatable bonds is 8. The van der Waals surface area contributed by atoms with E-state index in [9.17, 15) is 9.59 Å². The molecule has 0 rings (SSSR count). The standard InChI is InChI=1S/C10H20N2O4/c1-7(2)9(10(14)15)12-8(13)6-11-4-5-16-3/h7,9,11H,4-6H2,1-3H3,(H,12,13)(H,14,15)/t9-/m1/s1. The molecule has 1 amide bonds. The van der Waals surface area contributed by atoms with E-state index < -0.39 is 12.0 Å². The number of hydrogen-bond donors (Lipinski definition) is 3. The average molecular weight is 232 g/mol. The zero-order valence-electron chi connectivity index (χ0n) is 9.95. The van der Waals surface area contributed by atoms with Crippen LogP contribution in [0.15, 0.2) is 0 Å². The zero-order valence-corrected chi connectivity index (χ0v) is 9.95. The summed E-state index contributed by atoms with van der Waals surface area (Å²) in [6.07, 6.45) is 0. The van der Waals surface area contributed by atoms with E-state index in [0.29, 0.717) is 13.2 Å². The number of carboxylic acid groups (broad SMARTS) is 1. The number of nitrogens with one attached hydrogen (secondary N) is 2. The maximum atomic E-state index is 11.3. The molecule has 0 aliphatic heterocycles. The van der Waals surface area contributed by atoms with Crippen LogP contribution in [0.2, 0.25) is 0 Å². The van der Waals surface area contributed by atoms with E-state index in [1.54, 1.807) is 21.0 Å². The van der Waals surface area contributed by atoms with Crippen LogP contribution in [0.5, 0.6) is 0 Å². The lowest BCUT2D eigenvalue weighted by atomic mass is 10.1. The van der Waals surface area contributed by atoms with Crippen LogP contribution in [0.3, 0.4) is 0 Å². The first kappa shape index (κ1) is 14.9. The molecule has 0 radical (unpaired) electrons. The van der Waals surface area contributed by atoms with E-state index in [2.05, 4.69) is 10.6 Å². The number of methoxy groups -OCH3 is 1. The lowest BCUT2D eigenvalue weighted by molar-refractivity contribution is -0.143. The van der Waals surface area contributed by atoms with Crippen LogP contribution < -0.4 is 10.6 Å². The van der Waals surface area contributed by atoms with Gasteiger partial charge in [0.15, 0.2) is 0 Å². The summed E-state index contributed by atoms with van der Waals surface area (Å²) in [6.45, 7) is 4.66. The van der Waals surface area contributed by atoms with Crippen LogP contribution in [0.1, 0.15) is 13.8 Å². The molecule has 3 N–H and O–H groups in total. The minimum Gasteiger partial charge on any atom is -0.480 e. The fraction of sp³-hybridized carbons (Fsp3) is 0.800. The van der Waals surface area contributed by atoms with Gasteiger partial charge in [-0.3, -0.25) is 4.79 Å². The van der Waals surface area contributed by atoms with Crippen LogP contribution in [-0.2, 0) is 14.3 Å². The normalized spacial score (nSPS) is 12.5. The minimum absolute atomic E-state index is 0.0971. The molecule has 0 aromatic heterocycles. The molecule has 0 unspecified atom stereocenters. The number of carboxylic acids is 1. The number of carbonyl (C=O) groups excluding carboxylic acids is 1. The summed E-state index contributed by atoms with van der Waals surface area (Å²) in [5.74, 6) is -1.47. The summed E-state index contributed by atoms with van der Waals surface area (Å²) in [4.78, 5) is 22.1. The molecule has 0 saturated carbocycles. The van der Waals surface area contributed by atoms with E-state index >= 15 is 0 Å². The average Bonchev–Trinajstić information content (AvgIpc) is 2.20. The van der Waals surface area contributed by atoms with Gasteiger partial charge in [-0.25, -0.2) is 4.79 Å². The molecule has 6 nitrogen and oxygen atoms in total. The van der Waals surface area contributed by atoms with Gasteiger partial charge in [0.2, 0.25) is 5.91 Å². The number of hydrogen-bond acceptors (Lipinski definition) is 4. The predicted molar refractivity (Wildman–Crippen MR) is 59.2 cm³/mol. The highest BCUT2D eigenvalue weighted by Gasteiger charge is 2.22. The van der Waals surface area contributed by atoms with Crippen molar-refractivity contribution < 1.29 is 19.4 Å². The Labute approximate surface area is 95.4 Å². The van der Waals surface area contributed by atoms with Gasteiger partial charge in [0.25, 0.3) is 0 Å². The van der Waals surface area contributed by atoms with E-state index in [1.165, 1.54) is 0 Å². The Morgan fingerprint density at radius 1 is 1.38 bits per heavy atom. The van der Waals surface area contributed by atoms with Gasteiger partial charge in [0, 0.05) is 13.7 Å². The number of carbonyl (C=O) groups is 2. The van der Waals surface area contributed by atoms with Crippen LogP contribution >= 0.6 is 0 Å². The molecule has 0 aliphatic carbocycles. The zero-order chi connectivity index (χ0) is 12.6. The first-order valence-electron chi connectivity index (χ1n) is 5.20. The quantitative estimate of drug-likeness (QED) is 0.489. The lowest BCUT2D eigenvalue weighted by Crippen LogP contribution is -2.47. The molecule has 0 bridgehead atoms. The Bertz CT molecular complexity index is 231. The van der Waals surface area contributed by atoms with Crippen molar-refractivity contribution in [3.8, 4) is 0 Å². The van der Waals surface area contributed by atoms with Crippen LogP contribution in [0.25, 0.3) is 0 Å². The van der Waals surface area contributed by atoms with Gasteiger partial charge in [-0.15, -0.1) is 0 Å². The molecule has 6 heteroatoms. The van der Waals surface area contributed by atoms with Crippen LogP contribution in [0.4, 0.5) is 0 Å². The molecule has 94 valence electrons. The summed E-state index contributed by atoms with van der Waals surface area (Å²) >= 11 is 0. The molecular formula is C10H20N2O4. The molecule has 0 fully saturated rings. The molecule has 0 aliphatic rings. The first-order chi connectivity index (χ1) is 7.49. The second kappa shape index (κ2) is 8.06. The number of ether oxygens (including phenoxy) is 1. The maximum Gasteiger partial charge on any atom is 0.326 e. The molecule has 0 saturated heterocycles. The van der Waals surface area contributed by atoms with E-state index in [1.807, 2.05) is 0 Å². The summed E-state index contributed by atoms with van der Waals surface area (Å²) in [6, 6.07) is -0.836. The van der Waals surface area contributed by atoms with E-state index in [4.69, 9.17) is 9.84 Å². The van der Waals surface area contributed by atoms with Crippen molar-refractivity contribution in [3.63, 3.8) is 0 Å². The fourth-order valence-electron chi connectivity index (χ4n) is 1.11. The fourth-order valence-corrected chi connectivity index (χ4v) is 1.11. The first-order valence-corrected chi connectivity index (χ1v) is 5.20. The largest absolute Gasteiger partial charge is 0.480 e. The molecule has 1 atom stereocenters. The Hall–Kier alpha value is -1.14. The van der Waals surface area contributed by atoms with Gasteiger partial charge in [0.1, 0.15) is 6.04 Å². The third-order valence-electron chi connectivity index (χ3n) is 2.02. The summed E-state index contributed by atoms with van der Waals surface area (Å²) in [5.41, 5.74) is 0. The van der Waals surface area contributed by atoms with E-state index in [0.717, 1.165) is 0 Å². The SMILES string of the molecule is COCCNCC(=O)N[C@@H](C(=O)O)C(C)C. The van der Waals surface area contributed by atoms with Crippen molar-refractivity contribution in [2.24, 2.45) is 5.92 Å². The van der Waals surface area contributed by atoms with Gasteiger partial charge in [0.05, 0.1) is 13.2 Å². The van der Waals surface area contributed by atoms with Crippen molar-refractivity contribution in [1.29, 1.82) is 0 Å². The Morgan fingerprint density at radius 3 is 2.44 bits per heavy atom. The summed E-state index contributed by atoms with van der Waals surface area (Å²) < 4.78 is 4.79. The second-order valence-corrected chi connectivity index (χ2v) is 3.80. The Morgan fingerprint density at radius 2 is 2.00 bits per heavy atom. The van der Waals surface area contributed by atoms with Gasteiger partial charge >= 0.3 is 5.97 Å². The van der Waals surface area contributed by atoms with Crippen molar-refractivity contribution in [1.82, 2.24) is 10.6 Å².